The Morgan fingerprint density at radius 2 is 1.85 bits per heavy atom. The van der Waals surface area contributed by atoms with Gasteiger partial charge in [0.05, 0.1) is 4.88 Å². The van der Waals surface area contributed by atoms with Crippen molar-refractivity contribution in [2.24, 2.45) is 0 Å². The number of thiophene rings is 1. The number of ether oxygens (including phenoxy) is 1. The summed E-state index contributed by atoms with van der Waals surface area (Å²) in [5.41, 5.74) is 1.98. The molecule has 3 rings (SSSR count). The number of nitrogens with one attached hydrogen (secondary N) is 1. The highest BCUT2D eigenvalue weighted by Crippen LogP contribution is 2.28. The van der Waals surface area contributed by atoms with E-state index in [4.69, 9.17) is 4.74 Å². The average molecular weight is 401 g/mol. The number of carbonyl (C=O) groups excluding carboxylic acids is 2. The predicted molar refractivity (Wildman–Crippen MR) is 109 cm³/mol. The van der Waals surface area contributed by atoms with Crippen molar-refractivity contribution in [1.29, 1.82) is 0 Å². The number of aromatic nitrogens is 1. The first kappa shape index (κ1) is 19.3. The number of hydrogen-bond acceptors (Lipinski definition) is 6. The van der Waals surface area contributed by atoms with E-state index < -0.39 is 12.1 Å². The van der Waals surface area contributed by atoms with Crippen molar-refractivity contribution < 1.29 is 14.3 Å². The molecule has 1 aromatic carbocycles. The summed E-state index contributed by atoms with van der Waals surface area (Å²) in [5, 5.41) is 7.21. The van der Waals surface area contributed by atoms with E-state index in [1.165, 1.54) is 11.3 Å². The summed E-state index contributed by atoms with van der Waals surface area (Å²) < 4.78 is 5.30. The molecule has 7 heteroatoms. The molecule has 0 radical (unpaired) electrons. The third kappa shape index (κ3) is 4.61. The standard InChI is InChI=1S/C20H20N2O3S2/c1-12(2)14-7-4-5-8-15(14)21-18(23)13(3)25-20(24)16-11-27-19(22-16)17-9-6-10-26-17/h4-13H,1-3H3,(H,21,23)/t13-/m1/s1. The Labute approximate surface area is 166 Å². The predicted octanol–water partition coefficient (Wildman–Crippen LogP) is 5.18. The first-order valence-electron chi connectivity index (χ1n) is 8.56. The van der Waals surface area contributed by atoms with Gasteiger partial charge in [-0.05, 0) is 35.9 Å². The molecule has 0 bridgehead atoms. The van der Waals surface area contributed by atoms with Crippen LogP contribution in [0.3, 0.4) is 0 Å². The van der Waals surface area contributed by atoms with Crippen molar-refractivity contribution >= 4 is 40.2 Å². The average Bonchev–Trinajstić information content (AvgIpc) is 3.33. The van der Waals surface area contributed by atoms with Crippen molar-refractivity contribution in [2.75, 3.05) is 5.32 Å². The van der Waals surface area contributed by atoms with Crippen LogP contribution in [-0.2, 0) is 9.53 Å². The Kier molecular flexibility index (Phi) is 6.03. The molecule has 3 aromatic rings. The zero-order valence-corrected chi connectivity index (χ0v) is 16.9. The second-order valence-electron chi connectivity index (χ2n) is 6.29. The quantitative estimate of drug-likeness (QED) is 0.579. The summed E-state index contributed by atoms with van der Waals surface area (Å²) in [6, 6.07) is 11.5. The van der Waals surface area contributed by atoms with E-state index in [9.17, 15) is 9.59 Å². The topological polar surface area (TPSA) is 68.3 Å². The monoisotopic (exact) mass is 400 g/mol. The molecule has 0 spiro atoms. The van der Waals surface area contributed by atoms with Crippen molar-refractivity contribution in [2.45, 2.75) is 32.8 Å². The summed E-state index contributed by atoms with van der Waals surface area (Å²) in [7, 11) is 0. The number of benzene rings is 1. The smallest absolute Gasteiger partial charge is 0.358 e. The molecule has 1 atom stereocenters. The van der Waals surface area contributed by atoms with E-state index >= 15 is 0 Å². The van der Waals surface area contributed by atoms with Gasteiger partial charge in [0.15, 0.2) is 11.8 Å². The number of rotatable bonds is 6. The van der Waals surface area contributed by atoms with Gasteiger partial charge in [-0.1, -0.05) is 38.1 Å². The van der Waals surface area contributed by atoms with E-state index in [2.05, 4.69) is 24.1 Å². The van der Waals surface area contributed by atoms with Crippen LogP contribution in [0.1, 0.15) is 42.7 Å². The third-order valence-corrected chi connectivity index (χ3v) is 5.82. The van der Waals surface area contributed by atoms with Gasteiger partial charge >= 0.3 is 5.97 Å². The highest BCUT2D eigenvalue weighted by molar-refractivity contribution is 7.20. The number of thiazole rings is 1. The highest BCUT2D eigenvalue weighted by Gasteiger charge is 2.22. The maximum Gasteiger partial charge on any atom is 0.358 e. The van der Waals surface area contributed by atoms with E-state index in [-0.39, 0.29) is 17.5 Å². The van der Waals surface area contributed by atoms with Crippen LogP contribution in [0, 0.1) is 0 Å². The Bertz CT molecular complexity index is 932. The highest BCUT2D eigenvalue weighted by atomic mass is 32.1. The van der Waals surface area contributed by atoms with Crippen LogP contribution in [0.4, 0.5) is 5.69 Å². The zero-order chi connectivity index (χ0) is 19.4. The first-order chi connectivity index (χ1) is 13.0. The van der Waals surface area contributed by atoms with Gasteiger partial charge in [0.2, 0.25) is 0 Å². The number of amides is 1. The lowest BCUT2D eigenvalue weighted by atomic mass is 10.0. The first-order valence-corrected chi connectivity index (χ1v) is 10.3. The van der Waals surface area contributed by atoms with Gasteiger partial charge in [0.1, 0.15) is 5.01 Å². The van der Waals surface area contributed by atoms with Gasteiger partial charge in [-0.15, -0.1) is 22.7 Å². The van der Waals surface area contributed by atoms with Crippen molar-refractivity contribution in [3.63, 3.8) is 0 Å². The Morgan fingerprint density at radius 1 is 1.07 bits per heavy atom. The molecule has 27 heavy (non-hydrogen) atoms. The Balaban J connectivity index is 1.64. The fraction of sp³-hybridized carbons (Fsp3) is 0.250. The summed E-state index contributed by atoms with van der Waals surface area (Å²) in [6.45, 7) is 5.67. The van der Waals surface area contributed by atoms with Gasteiger partial charge in [-0.25, -0.2) is 9.78 Å². The van der Waals surface area contributed by atoms with E-state index in [0.717, 1.165) is 21.1 Å². The van der Waals surface area contributed by atoms with Crippen molar-refractivity contribution in [3.05, 3.63) is 58.4 Å². The van der Waals surface area contributed by atoms with Crippen molar-refractivity contribution in [1.82, 2.24) is 4.98 Å². The minimum Gasteiger partial charge on any atom is -0.448 e. The summed E-state index contributed by atoms with van der Waals surface area (Å²) in [6.07, 6.45) is -0.926. The minimum atomic E-state index is -0.926. The number of hydrogen-bond donors (Lipinski definition) is 1. The SMILES string of the molecule is CC(C)c1ccccc1NC(=O)[C@@H](C)OC(=O)c1csc(-c2cccs2)n1. The molecule has 5 nitrogen and oxygen atoms in total. The molecule has 0 aliphatic carbocycles. The molecule has 2 aromatic heterocycles. The number of esters is 1. The van der Waals surface area contributed by atoms with Crippen LogP contribution >= 0.6 is 22.7 Å². The largest absolute Gasteiger partial charge is 0.448 e. The number of nitrogens with zero attached hydrogens (tertiary/aromatic N) is 1. The van der Waals surface area contributed by atoms with Gasteiger partial charge in [-0.2, -0.15) is 0 Å². The molecule has 1 amide bonds. The fourth-order valence-electron chi connectivity index (χ4n) is 2.50. The van der Waals surface area contributed by atoms with E-state index in [1.54, 1.807) is 23.6 Å². The zero-order valence-electron chi connectivity index (χ0n) is 15.3. The Hall–Kier alpha value is -2.51. The molecule has 0 saturated carbocycles. The van der Waals surface area contributed by atoms with Gasteiger partial charge < -0.3 is 10.1 Å². The summed E-state index contributed by atoms with van der Waals surface area (Å²) in [4.78, 5) is 30.1. The van der Waals surface area contributed by atoms with Crippen LogP contribution < -0.4 is 5.32 Å². The third-order valence-electron chi connectivity index (χ3n) is 3.94. The van der Waals surface area contributed by atoms with E-state index in [0.29, 0.717) is 0 Å². The summed E-state index contributed by atoms with van der Waals surface area (Å²) >= 11 is 2.93. The van der Waals surface area contributed by atoms with Crippen molar-refractivity contribution in [3.8, 4) is 9.88 Å². The molecule has 2 heterocycles. The maximum atomic E-state index is 12.4. The normalized spacial score (nSPS) is 12.0. The molecular weight excluding hydrogens is 380 g/mol. The molecule has 0 aliphatic heterocycles. The molecule has 0 saturated heterocycles. The molecule has 0 fully saturated rings. The second kappa shape index (κ2) is 8.45. The van der Waals surface area contributed by atoms with Crippen LogP contribution in [0.25, 0.3) is 9.88 Å². The summed E-state index contributed by atoms with van der Waals surface area (Å²) in [5.74, 6) is -0.705. The molecule has 140 valence electrons. The minimum absolute atomic E-state index is 0.214. The van der Waals surface area contributed by atoms with E-state index in [1.807, 2.05) is 41.8 Å². The van der Waals surface area contributed by atoms with Crippen LogP contribution in [0.2, 0.25) is 0 Å². The Morgan fingerprint density at radius 3 is 2.56 bits per heavy atom. The van der Waals surface area contributed by atoms with Crippen LogP contribution in [0.15, 0.2) is 47.2 Å². The lowest BCUT2D eigenvalue weighted by molar-refractivity contribution is -0.123. The molecule has 0 aliphatic rings. The lowest BCUT2D eigenvalue weighted by Crippen LogP contribution is -2.30. The fourth-order valence-corrected chi connectivity index (χ4v) is 4.11. The van der Waals surface area contributed by atoms with Gasteiger partial charge in [0, 0.05) is 11.1 Å². The lowest BCUT2D eigenvalue weighted by Gasteiger charge is -2.16. The second-order valence-corrected chi connectivity index (χ2v) is 8.10. The number of anilines is 1. The number of para-hydroxylation sites is 1. The molecular formula is C20H20N2O3S2. The molecule has 1 N–H and O–H groups in total. The maximum absolute atomic E-state index is 12.4. The van der Waals surface area contributed by atoms with Gasteiger partial charge in [0.25, 0.3) is 5.91 Å². The van der Waals surface area contributed by atoms with Crippen LogP contribution in [0.5, 0.6) is 0 Å². The number of carbonyl (C=O) groups is 2. The van der Waals surface area contributed by atoms with Gasteiger partial charge in [-0.3, -0.25) is 4.79 Å². The molecule has 0 unspecified atom stereocenters. The van der Waals surface area contributed by atoms with Crippen LogP contribution in [-0.4, -0.2) is 23.0 Å².